The standard InChI is InChI=1S/C18H18FNO3/c19-15-6-7-16(17(12-15)20-8-10-23-11-9-20)18(22,13-21)14-4-2-1-3-5-14/h1-7,12-13,22H,8-11H2. The van der Waals surface area contributed by atoms with Gasteiger partial charge in [-0.2, -0.15) is 0 Å². The molecule has 2 aromatic carbocycles. The van der Waals surface area contributed by atoms with E-state index in [1.807, 2.05) is 11.0 Å². The van der Waals surface area contributed by atoms with Crippen LogP contribution in [0.3, 0.4) is 0 Å². The van der Waals surface area contributed by atoms with E-state index in [-0.39, 0.29) is 0 Å². The SMILES string of the molecule is O=CC(O)(c1ccccc1)c1ccc(F)cc1N1CCOCC1. The third-order valence-corrected chi connectivity index (χ3v) is 4.11. The number of hydrogen-bond donors (Lipinski definition) is 1. The molecule has 120 valence electrons. The van der Waals surface area contributed by atoms with Crippen LogP contribution in [0, 0.1) is 5.82 Å². The summed E-state index contributed by atoms with van der Waals surface area (Å²) >= 11 is 0. The number of carbonyl (C=O) groups excluding carboxylic acids is 1. The summed E-state index contributed by atoms with van der Waals surface area (Å²) in [6.07, 6.45) is 0.500. The van der Waals surface area contributed by atoms with Crippen molar-refractivity contribution >= 4 is 12.0 Å². The maximum absolute atomic E-state index is 13.8. The molecule has 2 aromatic rings. The van der Waals surface area contributed by atoms with Crippen LogP contribution < -0.4 is 4.90 Å². The van der Waals surface area contributed by atoms with E-state index in [0.717, 1.165) is 0 Å². The average Bonchev–Trinajstić information content (AvgIpc) is 2.62. The summed E-state index contributed by atoms with van der Waals surface area (Å²) in [6.45, 7) is 2.22. The molecule has 1 fully saturated rings. The first kappa shape index (κ1) is 15.6. The number of halogens is 1. The van der Waals surface area contributed by atoms with Crippen molar-refractivity contribution in [3.05, 3.63) is 65.5 Å². The Labute approximate surface area is 134 Å². The normalized spacial score (nSPS) is 17.6. The molecule has 0 aromatic heterocycles. The van der Waals surface area contributed by atoms with Crippen molar-refractivity contribution < 1.29 is 19.0 Å². The van der Waals surface area contributed by atoms with E-state index in [2.05, 4.69) is 0 Å². The fourth-order valence-corrected chi connectivity index (χ4v) is 2.87. The van der Waals surface area contributed by atoms with Crippen LogP contribution >= 0.6 is 0 Å². The number of morpholine rings is 1. The molecule has 0 bridgehead atoms. The molecule has 0 saturated carbocycles. The number of aldehydes is 1. The lowest BCUT2D eigenvalue weighted by atomic mass is 9.86. The summed E-state index contributed by atoms with van der Waals surface area (Å²) in [5, 5.41) is 11.0. The van der Waals surface area contributed by atoms with Gasteiger partial charge in [-0.25, -0.2) is 4.39 Å². The summed E-state index contributed by atoms with van der Waals surface area (Å²) in [4.78, 5) is 13.7. The van der Waals surface area contributed by atoms with E-state index >= 15 is 0 Å². The van der Waals surface area contributed by atoms with E-state index in [1.165, 1.54) is 18.2 Å². The maximum Gasteiger partial charge on any atom is 0.172 e. The number of carbonyl (C=O) groups is 1. The Hall–Kier alpha value is -2.24. The molecule has 0 radical (unpaired) electrons. The van der Waals surface area contributed by atoms with Crippen molar-refractivity contribution in [2.75, 3.05) is 31.2 Å². The van der Waals surface area contributed by atoms with Crippen LogP contribution in [-0.2, 0) is 15.1 Å². The van der Waals surface area contributed by atoms with Crippen molar-refractivity contribution in [2.45, 2.75) is 5.60 Å². The average molecular weight is 315 g/mol. The van der Waals surface area contributed by atoms with E-state index in [4.69, 9.17) is 4.74 Å². The first-order chi connectivity index (χ1) is 11.1. The van der Waals surface area contributed by atoms with Gasteiger partial charge in [0.2, 0.25) is 0 Å². The monoisotopic (exact) mass is 315 g/mol. The van der Waals surface area contributed by atoms with Crippen LogP contribution in [0.1, 0.15) is 11.1 Å². The minimum absolute atomic E-state index is 0.377. The molecule has 1 heterocycles. The number of nitrogens with zero attached hydrogens (tertiary/aromatic N) is 1. The van der Waals surface area contributed by atoms with Gasteiger partial charge in [-0.15, -0.1) is 0 Å². The van der Waals surface area contributed by atoms with E-state index in [1.54, 1.807) is 24.3 Å². The summed E-state index contributed by atoms with van der Waals surface area (Å²) < 4.78 is 19.1. The molecule has 1 N–H and O–H groups in total. The topological polar surface area (TPSA) is 49.8 Å². The van der Waals surface area contributed by atoms with Crippen LogP contribution in [0.4, 0.5) is 10.1 Å². The molecule has 0 amide bonds. The highest BCUT2D eigenvalue weighted by molar-refractivity contribution is 5.77. The minimum atomic E-state index is -1.82. The molecular weight excluding hydrogens is 297 g/mol. The van der Waals surface area contributed by atoms with Crippen molar-refractivity contribution in [3.8, 4) is 0 Å². The highest BCUT2D eigenvalue weighted by Crippen LogP contribution is 2.35. The molecule has 4 nitrogen and oxygen atoms in total. The molecule has 1 aliphatic rings. The lowest BCUT2D eigenvalue weighted by Gasteiger charge is -2.34. The summed E-state index contributed by atoms with van der Waals surface area (Å²) in [7, 11) is 0. The molecule has 1 aliphatic heterocycles. The number of hydrogen-bond acceptors (Lipinski definition) is 4. The van der Waals surface area contributed by atoms with Crippen molar-refractivity contribution in [1.82, 2.24) is 0 Å². The Morgan fingerprint density at radius 3 is 2.48 bits per heavy atom. The number of ether oxygens (including phenoxy) is 1. The zero-order chi connectivity index (χ0) is 16.3. The molecule has 23 heavy (non-hydrogen) atoms. The fourth-order valence-electron chi connectivity index (χ4n) is 2.87. The van der Waals surface area contributed by atoms with Gasteiger partial charge in [0.05, 0.1) is 13.2 Å². The van der Waals surface area contributed by atoms with Gasteiger partial charge >= 0.3 is 0 Å². The van der Waals surface area contributed by atoms with Gasteiger partial charge in [0.25, 0.3) is 0 Å². The molecule has 1 unspecified atom stereocenters. The lowest BCUT2D eigenvalue weighted by molar-refractivity contribution is -0.121. The van der Waals surface area contributed by atoms with Gasteiger partial charge in [-0.3, -0.25) is 4.79 Å². The Kier molecular flexibility index (Phi) is 4.41. The van der Waals surface area contributed by atoms with Crippen LogP contribution in [0.5, 0.6) is 0 Å². The van der Waals surface area contributed by atoms with Gasteiger partial charge < -0.3 is 14.7 Å². The molecular formula is C18H18FNO3. The molecule has 0 aliphatic carbocycles. The lowest BCUT2D eigenvalue weighted by Crippen LogP contribution is -2.39. The first-order valence-corrected chi connectivity index (χ1v) is 7.52. The van der Waals surface area contributed by atoms with Crippen LogP contribution in [0.15, 0.2) is 48.5 Å². The van der Waals surface area contributed by atoms with Gasteiger partial charge in [-0.05, 0) is 17.7 Å². The summed E-state index contributed by atoms with van der Waals surface area (Å²) in [5.41, 5.74) is -0.465. The Balaban J connectivity index is 2.12. The zero-order valence-electron chi connectivity index (χ0n) is 12.6. The maximum atomic E-state index is 13.8. The van der Waals surface area contributed by atoms with Gasteiger partial charge in [-0.1, -0.05) is 36.4 Å². The van der Waals surface area contributed by atoms with Gasteiger partial charge in [0, 0.05) is 24.3 Å². The molecule has 3 rings (SSSR count). The summed E-state index contributed by atoms with van der Waals surface area (Å²) in [5.74, 6) is -0.406. The number of aliphatic hydroxyl groups is 1. The van der Waals surface area contributed by atoms with Gasteiger partial charge in [0.15, 0.2) is 11.9 Å². The Morgan fingerprint density at radius 2 is 1.83 bits per heavy atom. The third kappa shape index (κ3) is 2.98. The summed E-state index contributed by atoms with van der Waals surface area (Å²) in [6, 6.07) is 12.8. The highest BCUT2D eigenvalue weighted by Gasteiger charge is 2.35. The first-order valence-electron chi connectivity index (χ1n) is 7.52. The zero-order valence-corrected chi connectivity index (χ0v) is 12.6. The highest BCUT2D eigenvalue weighted by atomic mass is 19.1. The quantitative estimate of drug-likeness (QED) is 0.878. The largest absolute Gasteiger partial charge is 0.378 e. The number of anilines is 1. The second kappa shape index (κ2) is 6.48. The van der Waals surface area contributed by atoms with E-state index < -0.39 is 11.4 Å². The van der Waals surface area contributed by atoms with Crippen molar-refractivity contribution in [1.29, 1.82) is 0 Å². The smallest absolute Gasteiger partial charge is 0.172 e. The Bertz CT molecular complexity index is 686. The van der Waals surface area contributed by atoms with Crippen LogP contribution in [0.2, 0.25) is 0 Å². The molecule has 0 spiro atoms. The second-order valence-electron chi connectivity index (χ2n) is 5.51. The van der Waals surface area contributed by atoms with Crippen molar-refractivity contribution in [3.63, 3.8) is 0 Å². The fraction of sp³-hybridized carbons (Fsp3) is 0.278. The van der Waals surface area contributed by atoms with Crippen LogP contribution in [0.25, 0.3) is 0 Å². The van der Waals surface area contributed by atoms with E-state index in [0.29, 0.717) is 49.4 Å². The Morgan fingerprint density at radius 1 is 1.13 bits per heavy atom. The number of rotatable bonds is 4. The van der Waals surface area contributed by atoms with Gasteiger partial charge in [0.1, 0.15) is 5.82 Å². The second-order valence-corrected chi connectivity index (χ2v) is 5.51. The minimum Gasteiger partial charge on any atom is -0.378 e. The predicted molar refractivity (Wildman–Crippen MR) is 84.9 cm³/mol. The molecule has 5 heteroatoms. The van der Waals surface area contributed by atoms with Crippen molar-refractivity contribution in [2.24, 2.45) is 0 Å². The number of benzene rings is 2. The molecule has 1 saturated heterocycles. The third-order valence-electron chi connectivity index (χ3n) is 4.11. The van der Waals surface area contributed by atoms with E-state index in [9.17, 15) is 14.3 Å². The molecule has 1 atom stereocenters. The van der Waals surface area contributed by atoms with Crippen LogP contribution in [-0.4, -0.2) is 37.7 Å². The predicted octanol–water partition coefficient (Wildman–Crippen LogP) is 2.10.